The Kier molecular flexibility index (Phi) is 9.35. The number of carbonyl (C=O) groups excluding carboxylic acids is 2. The van der Waals surface area contributed by atoms with Crippen LogP contribution in [0.3, 0.4) is 0 Å². The number of nitrogens with one attached hydrogen (secondary N) is 2. The summed E-state index contributed by atoms with van der Waals surface area (Å²) in [7, 11) is 0. The van der Waals surface area contributed by atoms with Crippen LogP contribution in [0.25, 0.3) is 0 Å². The van der Waals surface area contributed by atoms with E-state index in [9.17, 15) is 9.59 Å². The largest absolute Gasteiger partial charge is 0.484 e. The van der Waals surface area contributed by atoms with Crippen LogP contribution < -0.4 is 15.5 Å². The van der Waals surface area contributed by atoms with Crippen molar-refractivity contribution in [2.75, 3.05) is 6.61 Å². The summed E-state index contributed by atoms with van der Waals surface area (Å²) in [4.78, 5) is 25.1. The van der Waals surface area contributed by atoms with Gasteiger partial charge in [0.1, 0.15) is 5.75 Å². The molecule has 8 heteroatoms. The van der Waals surface area contributed by atoms with Gasteiger partial charge in [-0.1, -0.05) is 41.9 Å². The molecule has 33 heavy (non-hydrogen) atoms. The normalized spacial score (nSPS) is 11.7. The second-order valence-corrected chi connectivity index (χ2v) is 8.92. The summed E-state index contributed by atoms with van der Waals surface area (Å²) >= 11 is 7.30. The molecule has 0 aromatic heterocycles. The van der Waals surface area contributed by atoms with E-state index in [1.165, 1.54) is 11.8 Å². The first-order chi connectivity index (χ1) is 16.0. The van der Waals surface area contributed by atoms with Gasteiger partial charge in [0.2, 0.25) is 0 Å². The molecule has 0 aliphatic carbocycles. The monoisotopic (exact) mass is 481 g/mol. The predicted octanol–water partition coefficient (Wildman–Crippen LogP) is 4.67. The van der Waals surface area contributed by atoms with E-state index in [0.717, 1.165) is 16.0 Å². The van der Waals surface area contributed by atoms with E-state index in [2.05, 4.69) is 15.8 Å². The van der Waals surface area contributed by atoms with Gasteiger partial charge < -0.3 is 10.1 Å². The number of ether oxygens (including phenoxy) is 1. The maximum absolute atomic E-state index is 12.2. The highest BCUT2D eigenvalue weighted by Gasteiger charge is 2.13. The first-order valence-corrected chi connectivity index (χ1v) is 11.5. The van der Waals surface area contributed by atoms with Gasteiger partial charge in [-0.25, -0.2) is 5.43 Å². The molecule has 3 aromatic carbocycles. The standard InChI is InChI=1S/C25H24ClN3O3S/c1-18(33-23-13-9-21(26)10-14-23)25(31)29-28-16-20-7-11-22(12-8-20)32-17-24(30)27-15-19-5-3-2-4-6-19/h2-14,16,18H,15,17H2,1H3,(H,27,30)(H,29,31)/b28-16+. The van der Waals surface area contributed by atoms with Crippen molar-refractivity contribution in [3.63, 3.8) is 0 Å². The number of thioether (sulfide) groups is 1. The summed E-state index contributed by atoms with van der Waals surface area (Å²) in [5.41, 5.74) is 4.36. The number of halogens is 1. The molecule has 2 N–H and O–H groups in total. The first-order valence-electron chi connectivity index (χ1n) is 10.3. The zero-order valence-corrected chi connectivity index (χ0v) is 19.6. The van der Waals surface area contributed by atoms with Crippen molar-refractivity contribution < 1.29 is 14.3 Å². The van der Waals surface area contributed by atoms with Crippen LogP contribution in [0, 0.1) is 0 Å². The molecule has 1 atom stereocenters. The van der Waals surface area contributed by atoms with Crippen molar-refractivity contribution >= 4 is 41.4 Å². The van der Waals surface area contributed by atoms with E-state index in [1.54, 1.807) is 42.6 Å². The van der Waals surface area contributed by atoms with Gasteiger partial charge in [0.25, 0.3) is 11.8 Å². The smallest absolute Gasteiger partial charge is 0.258 e. The van der Waals surface area contributed by atoms with Crippen LogP contribution in [0.2, 0.25) is 5.02 Å². The molecule has 0 bridgehead atoms. The minimum absolute atomic E-state index is 0.0699. The van der Waals surface area contributed by atoms with Gasteiger partial charge >= 0.3 is 0 Å². The van der Waals surface area contributed by atoms with E-state index >= 15 is 0 Å². The summed E-state index contributed by atoms with van der Waals surface area (Å²) in [6.07, 6.45) is 1.55. The number of hydrogen-bond donors (Lipinski definition) is 2. The minimum atomic E-state index is -0.313. The molecule has 0 aliphatic rings. The number of rotatable bonds is 10. The van der Waals surface area contributed by atoms with Crippen LogP contribution >= 0.6 is 23.4 Å². The molecule has 6 nitrogen and oxygen atoms in total. The zero-order chi connectivity index (χ0) is 23.5. The molecule has 0 spiro atoms. The van der Waals surface area contributed by atoms with Gasteiger partial charge in [0, 0.05) is 16.5 Å². The lowest BCUT2D eigenvalue weighted by molar-refractivity contribution is -0.123. The van der Waals surface area contributed by atoms with Crippen LogP contribution in [0.1, 0.15) is 18.1 Å². The predicted molar refractivity (Wildman–Crippen MR) is 133 cm³/mol. The highest BCUT2D eigenvalue weighted by molar-refractivity contribution is 8.00. The van der Waals surface area contributed by atoms with Crippen molar-refractivity contribution in [1.29, 1.82) is 0 Å². The molecule has 0 radical (unpaired) electrons. The van der Waals surface area contributed by atoms with Crippen molar-refractivity contribution in [2.45, 2.75) is 23.6 Å². The fourth-order valence-electron chi connectivity index (χ4n) is 2.68. The van der Waals surface area contributed by atoms with Gasteiger partial charge in [-0.2, -0.15) is 5.10 Å². The summed E-state index contributed by atoms with van der Waals surface area (Å²) in [5, 5.41) is 7.17. The molecule has 0 fully saturated rings. The summed E-state index contributed by atoms with van der Waals surface area (Å²) < 4.78 is 5.51. The van der Waals surface area contributed by atoms with Crippen LogP contribution in [0.4, 0.5) is 0 Å². The quantitative estimate of drug-likeness (QED) is 0.250. The van der Waals surface area contributed by atoms with Crippen LogP contribution in [-0.4, -0.2) is 29.9 Å². The Morgan fingerprint density at radius 3 is 2.42 bits per heavy atom. The average molecular weight is 482 g/mol. The van der Waals surface area contributed by atoms with E-state index < -0.39 is 0 Å². The molecule has 170 valence electrons. The third-order valence-electron chi connectivity index (χ3n) is 4.47. The van der Waals surface area contributed by atoms with Crippen molar-refractivity contribution in [3.05, 3.63) is 95.0 Å². The van der Waals surface area contributed by atoms with Gasteiger partial charge in [-0.05, 0) is 66.6 Å². The third kappa shape index (κ3) is 8.63. The van der Waals surface area contributed by atoms with E-state index in [0.29, 0.717) is 17.3 Å². The number of nitrogens with zero attached hydrogens (tertiary/aromatic N) is 1. The Bertz CT molecular complexity index is 1070. The molecule has 0 saturated carbocycles. The fraction of sp³-hybridized carbons (Fsp3) is 0.160. The van der Waals surface area contributed by atoms with Crippen molar-refractivity contribution in [3.8, 4) is 5.75 Å². The van der Waals surface area contributed by atoms with Gasteiger partial charge in [0.05, 0.1) is 11.5 Å². The van der Waals surface area contributed by atoms with Gasteiger partial charge in [-0.3, -0.25) is 9.59 Å². The fourth-order valence-corrected chi connectivity index (χ4v) is 3.67. The summed E-state index contributed by atoms with van der Waals surface area (Å²) in [6.45, 7) is 2.20. The van der Waals surface area contributed by atoms with Crippen molar-refractivity contribution in [1.82, 2.24) is 10.7 Å². The molecule has 3 aromatic rings. The van der Waals surface area contributed by atoms with Gasteiger partial charge in [0.15, 0.2) is 6.61 Å². The van der Waals surface area contributed by atoms with Crippen LogP contribution in [0.5, 0.6) is 5.75 Å². The lowest BCUT2D eigenvalue weighted by Crippen LogP contribution is -2.28. The van der Waals surface area contributed by atoms with E-state index in [1.807, 2.05) is 49.4 Å². The molecule has 0 aliphatic heterocycles. The molecular formula is C25H24ClN3O3S. The SMILES string of the molecule is CC(Sc1ccc(Cl)cc1)C(=O)N/N=C/c1ccc(OCC(=O)NCc2ccccc2)cc1. The number of benzene rings is 3. The Labute approximate surface area is 202 Å². The Morgan fingerprint density at radius 2 is 1.73 bits per heavy atom. The Hall–Kier alpha value is -3.29. The topological polar surface area (TPSA) is 79.8 Å². The first kappa shape index (κ1) is 24.4. The molecule has 2 amide bonds. The lowest BCUT2D eigenvalue weighted by atomic mass is 10.2. The average Bonchev–Trinajstić information content (AvgIpc) is 2.84. The minimum Gasteiger partial charge on any atom is -0.484 e. The zero-order valence-electron chi connectivity index (χ0n) is 18.0. The second kappa shape index (κ2) is 12.7. The second-order valence-electron chi connectivity index (χ2n) is 7.07. The molecule has 0 heterocycles. The number of hydrazone groups is 1. The van der Waals surface area contributed by atoms with E-state index in [4.69, 9.17) is 16.3 Å². The molecular weight excluding hydrogens is 458 g/mol. The third-order valence-corrected chi connectivity index (χ3v) is 5.83. The van der Waals surface area contributed by atoms with Crippen LogP contribution in [0.15, 0.2) is 88.9 Å². The number of carbonyl (C=O) groups is 2. The summed E-state index contributed by atoms with van der Waals surface area (Å²) in [6, 6.07) is 24.1. The van der Waals surface area contributed by atoms with Gasteiger partial charge in [-0.15, -0.1) is 11.8 Å². The maximum atomic E-state index is 12.2. The molecule has 0 saturated heterocycles. The highest BCUT2D eigenvalue weighted by Crippen LogP contribution is 2.24. The highest BCUT2D eigenvalue weighted by atomic mass is 35.5. The number of hydrogen-bond acceptors (Lipinski definition) is 5. The maximum Gasteiger partial charge on any atom is 0.258 e. The molecule has 3 rings (SSSR count). The number of amides is 2. The van der Waals surface area contributed by atoms with E-state index in [-0.39, 0.29) is 23.7 Å². The van der Waals surface area contributed by atoms with Crippen LogP contribution in [-0.2, 0) is 16.1 Å². The summed E-state index contributed by atoms with van der Waals surface area (Å²) in [5.74, 6) is 0.171. The Balaban J connectivity index is 1.38. The van der Waals surface area contributed by atoms with Crippen molar-refractivity contribution in [2.24, 2.45) is 5.10 Å². The Morgan fingerprint density at radius 1 is 1.03 bits per heavy atom. The molecule has 1 unspecified atom stereocenters. The lowest BCUT2D eigenvalue weighted by Gasteiger charge is -2.09.